The topological polar surface area (TPSA) is 87.3 Å². The lowest BCUT2D eigenvalue weighted by molar-refractivity contribution is 0.0954. The smallest absolute Gasteiger partial charge is 0.262 e. The molecule has 3 rings (SSSR count). The van der Waals surface area contributed by atoms with E-state index in [1.54, 1.807) is 43.3 Å². The zero-order valence-electron chi connectivity index (χ0n) is 18.4. The Labute approximate surface area is 185 Å². The van der Waals surface area contributed by atoms with Crippen molar-refractivity contribution in [2.45, 2.75) is 63.3 Å². The van der Waals surface area contributed by atoms with E-state index in [-0.39, 0.29) is 16.5 Å². The van der Waals surface area contributed by atoms with Gasteiger partial charge >= 0.3 is 0 Å². The quantitative estimate of drug-likeness (QED) is 0.508. The molecule has 0 unspecified atom stereocenters. The van der Waals surface area contributed by atoms with Crippen LogP contribution in [0.3, 0.4) is 0 Å². The molecule has 0 saturated heterocycles. The van der Waals surface area contributed by atoms with Gasteiger partial charge in [-0.25, -0.2) is 8.42 Å². The van der Waals surface area contributed by atoms with Crippen molar-refractivity contribution in [3.8, 4) is 0 Å². The Hall–Kier alpha value is -2.38. The van der Waals surface area contributed by atoms with Crippen LogP contribution in [0, 0.1) is 13.8 Å². The van der Waals surface area contributed by atoms with Gasteiger partial charge in [0.15, 0.2) is 0 Å². The van der Waals surface area contributed by atoms with Gasteiger partial charge in [0.1, 0.15) is 0 Å². The molecule has 0 aliphatic heterocycles. The SMILES string of the molecule is Cc1ccc(C)c(S(=O)(=O)Nc2ccccc2C(=O)NCCCNC2CCCCC2)c1. The van der Waals surface area contributed by atoms with Gasteiger partial charge in [-0.05, 0) is 69.0 Å². The molecule has 0 spiro atoms. The van der Waals surface area contributed by atoms with Crippen LogP contribution in [-0.4, -0.2) is 33.5 Å². The van der Waals surface area contributed by atoms with E-state index >= 15 is 0 Å². The van der Waals surface area contributed by atoms with E-state index in [0.29, 0.717) is 23.7 Å². The van der Waals surface area contributed by atoms with Crippen molar-refractivity contribution >= 4 is 21.6 Å². The highest BCUT2D eigenvalue weighted by molar-refractivity contribution is 7.92. The molecule has 2 aromatic carbocycles. The number of amides is 1. The van der Waals surface area contributed by atoms with E-state index in [1.165, 1.54) is 32.1 Å². The molecule has 1 amide bonds. The Bertz CT molecular complexity index is 999. The Morgan fingerprint density at radius 2 is 1.74 bits per heavy atom. The maximum Gasteiger partial charge on any atom is 0.262 e. The standard InChI is InChI=1S/C24H33N3O3S/c1-18-13-14-19(2)23(17-18)31(29,30)27-22-12-7-6-11-21(22)24(28)26-16-8-15-25-20-9-4-3-5-10-20/h6-7,11-14,17,20,25,27H,3-5,8-10,15-16H2,1-2H3,(H,26,28). The normalized spacial score (nSPS) is 14.9. The number of hydrogen-bond donors (Lipinski definition) is 3. The lowest BCUT2D eigenvalue weighted by Crippen LogP contribution is -2.34. The summed E-state index contributed by atoms with van der Waals surface area (Å²) in [6.07, 6.45) is 7.23. The summed E-state index contributed by atoms with van der Waals surface area (Å²) in [4.78, 5) is 12.9. The highest BCUT2D eigenvalue weighted by atomic mass is 32.2. The lowest BCUT2D eigenvalue weighted by Gasteiger charge is -2.22. The lowest BCUT2D eigenvalue weighted by atomic mass is 9.95. The molecule has 0 radical (unpaired) electrons. The number of aryl methyl sites for hydroxylation is 2. The Balaban J connectivity index is 1.59. The predicted octanol–water partition coefficient (Wildman–Crippen LogP) is 4.15. The molecule has 6 nitrogen and oxygen atoms in total. The number of sulfonamides is 1. The third-order valence-corrected chi connectivity index (χ3v) is 7.23. The van der Waals surface area contributed by atoms with Crippen LogP contribution in [-0.2, 0) is 10.0 Å². The fourth-order valence-electron chi connectivity index (χ4n) is 3.97. The van der Waals surface area contributed by atoms with Crippen LogP contribution in [0.25, 0.3) is 0 Å². The minimum absolute atomic E-state index is 0.219. The van der Waals surface area contributed by atoms with Crippen LogP contribution in [0.5, 0.6) is 0 Å². The summed E-state index contributed by atoms with van der Waals surface area (Å²) in [6, 6.07) is 12.6. The Kier molecular flexibility index (Phi) is 8.09. The predicted molar refractivity (Wildman–Crippen MR) is 125 cm³/mol. The van der Waals surface area contributed by atoms with Gasteiger partial charge in [0.25, 0.3) is 15.9 Å². The Morgan fingerprint density at radius 3 is 2.52 bits per heavy atom. The second kappa shape index (κ2) is 10.8. The van der Waals surface area contributed by atoms with Gasteiger partial charge in [-0.2, -0.15) is 0 Å². The number of hydrogen-bond acceptors (Lipinski definition) is 4. The fraction of sp³-hybridized carbons (Fsp3) is 0.458. The van der Waals surface area contributed by atoms with Crippen molar-refractivity contribution in [2.24, 2.45) is 0 Å². The van der Waals surface area contributed by atoms with E-state index in [9.17, 15) is 13.2 Å². The number of para-hydroxylation sites is 1. The Morgan fingerprint density at radius 1 is 1.00 bits per heavy atom. The maximum atomic E-state index is 12.9. The summed E-state index contributed by atoms with van der Waals surface area (Å²) in [5.74, 6) is -0.281. The molecule has 0 aromatic heterocycles. The van der Waals surface area contributed by atoms with Crippen LogP contribution < -0.4 is 15.4 Å². The van der Waals surface area contributed by atoms with E-state index in [1.807, 2.05) is 13.0 Å². The van der Waals surface area contributed by atoms with Crippen LogP contribution in [0.1, 0.15) is 60.0 Å². The zero-order chi connectivity index (χ0) is 22.3. The van der Waals surface area contributed by atoms with Crippen molar-refractivity contribution in [1.82, 2.24) is 10.6 Å². The van der Waals surface area contributed by atoms with Gasteiger partial charge in [-0.3, -0.25) is 9.52 Å². The summed E-state index contributed by atoms with van der Waals surface area (Å²) in [5.41, 5.74) is 2.11. The molecule has 0 heterocycles. The molecule has 0 bridgehead atoms. The van der Waals surface area contributed by atoms with Gasteiger partial charge in [0.05, 0.1) is 16.1 Å². The second-order valence-corrected chi connectivity index (χ2v) is 9.97. The average molecular weight is 444 g/mol. The molecule has 0 atom stereocenters. The zero-order valence-corrected chi connectivity index (χ0v) is 19.2. The highest BCUT2D eigenvalue weighted by Gasteiger charge is 2.20. The minimum atomic E-state index is -3.80. The van der Waals surface area contributed by atoms with Crippen LogP contribution in [0.15, 0.2) is 47.4 Å². The molecule has 1 saturated carbocycles. The number of carbonyl (C=O) groups excluding carboxylic acids is 1. The average Bonchev–Trinajstić information content (AvgIpc) is 2.76. The van der Waals surface area contributed by atoms with Crippen LogP contribution in [0.2, 0.25) is 0 Å². The number of anilines is 1. The summed E-state index contributed by atoms with van der Waals surface area (Å²) in [6.45, 7) is 5.01. The molecular weight excluding hydrogens is 410 g/mol. The molecule has 31 heavy (non-hydrogen) atoms. The molecule has 168 valence electrons. The van der Waals surface area contributed by atoms with Crippen LogP contribution >= 0.6 is 0 Å². The summed E-state index contributed by atoms with van der Waals surface area (Å²) < 4.78 is 28.5. The van der Waals surface area contributed by atoms with Gasteiger partial charge in [-0.1, -0.05) is 43.5 Å². The van der Waals surface area contributed by atoms with Gasteiger partial charge < -0.3 is 10.6 Å². The molecular formula is C24H33N3O3S. The minimum Gasteiger partial charge on any atom is -0.352 e. The molecule has 3 N–H and O–H groups in total. The van der Waals surface area contributed by atoms with Crippen molar-refractivity contribution in [3.63, 3.8) is 0 Å². The first-order chi connectivity index (χ1) is 14.9. The monoisotopic (exact) mass is 443 g/mol. The third kappa shape index (κ3) is 6.55. The number of benzene rings is 2. The van der Waals surface area contributed by atoms with E-state index in [4.69, 9.17) is 0 Å². The van der Waals surface area contributed by atoms with E-state index in [2.05, 4.69) is 15.4 Å². The van der Waals surface area contributed by atoms with Gasteiger partial charge in [-0.15, -0.1) is 0 Å². The third-order valence-electron chi connectivity index (χ3n) is 5.73. The molecule has 7 heteroatoms. The fourth-order valence-corrected chi connectivity index (χ4v) is 5.38. The molecule has 1 fully saturated rings. The number of nitrogens with one attached hydrogen (secondary N) is 3. The van der Waals surface area contributed by atoms with Gasteiger partial charge in [0, 0.05) is 12.6 Å². The van der Waals surface area contributed by atoms with Crippen molar-refractivity contribution in [3.05, 3.63) is 59.2 Å². The first-order valence-corrected chi connectivity index (χ1v) is 12.6. The first kappa shape index (κ1) is 23.3. The molecule has 1 aliphatic carbocycles. The van der Waals surface area contributed by atoms with E-state index in [0.717, 1.165) is 18.5 Å². The van der Waals surface area contributed by atoms with E-state index < -0.39 is 10.0 Å². The summed E-state index contributed by atoms with van der Waals surface area (Å²) >= 11 is 0. The van der Waals surface area contributed by atoms with Crippen molar-refractivity contribution in [1.29, 1.82) is 0 Å². The molecule has 2 aromatic rings. The van der Waals surface area contributed by atoms with Crippen molar-refractivity contribution < 1.29 is 13.2 Å². The maximum absolute atomic E-state index is 12.9. The molecule has 1 aliphatic rings. The largest absolute Gasteiger partial charge is 0.352 e. The van der Waals surface area contributed by atoms with Crippen molar-refractivity contribution in [2.75, 3.05) is 17.8 Å². The summed E-state index contributed by atoms with van der Waals surface area (Å²) in [7, 11) is -3.80. The summed E-state index contributed by atoms with van der Waals surface area (Å²) in [5, 5.41) is 6.47. The number of carbonyl (C=O) groups is 1. The second-order valence-electron chi connectivity index (χ2n) is 8.32. The van der Waals surface area contributed by atoms with Crippen LogP contribution in [0.4, 0.5) is 5.69 Å². The van der Waals surface area contributed by atoms with Gasteiger partial charge in [0.2, 0.25) is 0 Å². The highest BCUT2D eigenvalue weighted by Crippen LogP contribution is 2.23. The number of rotatable bonds is 9. The first-order valence-electron chi connectivity index (χ1n) is 11.1.